The first-order valence-corrected chi connectivity index (χ1v) is 12.5. The maximum absolute atomic E-state index is 13.7. The average Bonchev–Trinajstić information content (AvgIpc) is 3.26. The first-order valence-electron chi connectivity index (χ1n) is 10.9. The van der Waals surface area contributed by atoms with Gasteiger partial charge in [-0.25, -0.2) is 14.8 Å². The molecule has 4 aromatic heterocycles. The highest BCUT2D eigenvalue weighted by Crippen LogP contribution is 2.35. The second-order valence-corrected chi connectivity index (χ2v) is 10.3. The fourth-order valence-corrected chi connectivity index (χ4v) is 5.21. The van der Waals surface area contributed by atoms with Gasteiger partial charge in [0.05, 0.1) is 11.1 Å². The van der Waals surface area contributed by atoms with Crippen molar-refractivity contribution >= 4 is 40.2 Å². The predicted molar refractivity (Wildman–Crippen MR) is 137 cm³/mol. The number of benzene rings is 1. The number of aromatic nitrogens is 4. The second-order valence-electron chi connectivity index (χ2n) is 8.22. The monoisotopic (exact) mass is 579 g/mol. The third kappa shape index (κ3) is 5.17. The number of ether oxygens (including phenoxy) is 1. The molecule has 0 bridgehead atoms. The molecule has 0 aliphatic heterocycles. The summed E-state index contributed by atoms with van der Waals surface area (Å²) < 4.78 is 46.9. The van der Waals surface area contributed by atoms with Crippen LogP contribution in [0.3, 0.4) is 0 Å². The summed E-state index contributed by atoms with van der Waals surface area (Å²) in [6.07, 6.45) is -0.549. The summed E-state index contributed by atoms with van der Waals surface area (Å²) >= 11 is 13.0. The quantitative estimate of drug-likeness (QED) is 0.203. The molecule has 0 aliphatic carbocycles. The van der Waals surface area contributed by atoms with Gasteiger partial charge in [-0.2, -0.15) is 8.97 Å². The standard InChI is InChI=1S/C25H15Cl2F3N4O3S/c1-13-3-2-6-33-21(13)34(12-18-11-32-24(27)38-18)23(36)20(22(33)35)16-7-15(14-4-5-19(26)31-10-14)8-17(9-16)37-25(28,29)30/h2-11H,12H2,1H3/p+1. The van der Waals surface area contributed by atoms with Gasteiger partial charge >= 0.3 is 11.9 Å². The summed E-state index contributed by atoms with van der Waals surface area (Å²) in [5.41, 5.74) is 0.915. The number of fused-ring (bicyclic) bond motifs is 1. The van der Waals surface area contributed by atoms with Gasteiger partial charge in [0.1, 0.15) is 17.4 Å². The number of hydrogen-bond donors (Lipinski definition) is 1. The van der Waals surface area contributed by atoms with E-state index in [9.17, 15) is 23.1 Å². The molecule has 0 radical (unpaired) electrons. The van der Waals surface area contributed by atoms with Crippen LogP contribution in [0.4, 0.5) is 13.2 Å². The normalized spacial score (nSPS) is 11.7. The van der Waals surface area contributed by atoms with Gasteiger partial charge in [-0.3, -0.25) is 0 Å². The van der Waals surface area contributed by atoms with Gasteiger partial charge < -0.3 is 9.84 Å². The van der Waals surface area contributed by atoms with Crippen LogP contribution in [0.1, 0.15) is 10.4 Å². The highest BCUT2D eigenvalue weighted by atomic mass is 35.5. The van der Waals surface area contributed by atoms with Gasteiger partial charge in [-0.15, -0.1) is 24.5 Å². The number of pyridine rings is 2. The van der Waals surface area contributed by atoms with Gasteiger partial charge in [0.15, 0.2) is 10.0 Å². The highest BCUT2D eigenvalue weighted by Gasteiger charge is 2.33. The summed E-state index contributed by atoms with van der Waals surface area (Å²) in [4.78, 5) is 22.4. The minimum absolute atomic E-state index is 0.00573. The van der Waals surface area contributed by atoms with Crippen molar-refractivity contribution in [3.63, 3.8) is 0 Å². The van der Waals surface area contributed by atoms with Crippen LogP contribution < -0.4 is 14.9 Å². The van der Waals surface area contributed by atoms with Crippen LogP contribution in [-0.4, -0.2) is 25.8 Å². The van der Waals surface area contributed by atoms with E-state index in [-0.39, 0.29) is 28.4 Å². The van der Waals surface area contributed by atoms with Crippen molar-refractivity contribution in [1.82, 2.24) is 14.4 Å². The molecule has 38 heavy (non-hydrogen) atoms. The molecule has 0 atom stereocenters. The van der Waals surface area contributed by atoms with E-state index in [1.807, 2.05) is 0 Å². The Morgan fingerprint density at radius 1 is 1.08 bits per heavy atom. The van der Waals surface area contributed by atoms with E-state index in [1.54, 1.807) is 31.3 Å². The lowest BCUT2D eigenvalue weighted by Crippen LogP contribution is -2.41. The third-order valence-corrected chi connectivity index (χ3v) is 6.98. The van der Waals surface area contributed by atoms with Crippen LogP contribution in [0.15, 0.2) is 65.8 Å². The molecule has 5 aromatic rings. The molecule has 4 heterocycles. The summed E-state index contributed by atoms with van der Waals surface area (Å²) in [5.74, 6) is -1.02. The molecule has 0 saturated heterocycles. The molecule has 194 valence electrons. The number of thiazole rings is 1. The Morgan fingerprint density at radius 3 is 2.50 bits per heavy atom. The fourth-order valence-electron chi connectivity index (χ4n) is 4.13. The first kappa shape index (κ1) is 26.0. The third-order valence-electron chi connectivity index (χ3n) is 5.66. The summed E-state index contributed by atoms with van der Waals surface area (Å²) in [6.45, 7) is 1.87. The maximum atomic E-state index is 13.7. The number of aromatic hydroxyl groups is 1. The molecule has 13 heteroatoms. The smallest absolute Gasteiger partial charge is 0.477 e. The zero-order chi connectivity index (χ0) is 27.2. The predicted octanol–water partition coefficient (Wildman–Crippen LogP) is 6.04. The lowest BCUT2D eigenvalue weighted by molar-refractivity contribution is -0.671. The Bertz CT molecular complexity index is 1740. The number of rotatable bonds is 5. The van der Waals surface area contributed by atoms with Crippen molar-refractivity contribution in [3.8, 4) is 33.9 Å². The molecule has 0 amide bonds. The topological polar surface area (TPSA) is 80.6 Å². The minimum atomic E-state index is -4.99. The minimum Gasteiger partial charge on any atom is -0.477 e. The van der Waals surface area contributed by atoms with Crippen molar-refractivity contribution < 1.29 is 27.6 Å². The molecule has 1 aromatic carbocycles. The second kappa shape index (κ2) is 9.90. The Balaban J connectivity index is 1.79. The zero-order valence-corrected chi connectivity index (χ0v) is 21.7. The van der Waals surface area contributed by atoms with Gasteiger partial charge in [0, 0.05) is 29.1 Å². The van der Waals surface area contributed by atoms with Crippen LogP contribution in [0, 0.1) is 6.92 Å². The van der Waals surface area contributed by atoms with E-state index < -0.39 is 23.6 Å². The van der Waals surface area contributed by atoms with Crippen LogP contribution in [-0.2, 0) is 6.54 Å². The number of alkyl halides is 3. The van der Waals surface area contributed by atoms with E-state index >= 15 is 0 Å². The number of nitrogens with zero attached hydrogens (tertiary/aromatic N) is 4. The molecular formula is C25H16Cl2F3N4O3S+. The first-order chi connectivity index (χ1) is 18.0. The number of halogens is 5. The van der Waals surface area contributed by atoms with Crippen LogP contribution in [0.25, 0.3) is 27.9 Å². The van der Waals surface area contributed by atoms with E-state index in [1.165, 1.54) is 44.8 Å². The number of hydrogen-bond acceptors (Lipinski definition) is 6. The molecule has 1 N–H and O–H groups in total. The molecule has 5 rings (SSSR count). The van der Waals surface area contributed by atoms with Crippen molar-refractivity contribution in [1.29, 1.82) is 0 Å². The summed E-state index contributed by atoms with van der Waals surface area (Å²) in [7, 11) is 0. The molecule has 0 saturated carbocycles. The Hall–Kier alpha value is -3.67. The van der Waals surface area contributed by atoms with E-state index in [0.717, 1.165) is 12.1 Å². The Kier molecular flexibility index (Phi) is 6.76. The van der Waals surface area contributed by atoms with Crippen molar-refractivity contribution in [3.05, 3.63) is 91.5 Å². The van der Waals surface area contributed by atoms with Crippen LogP contribution in [0.5, 0.6) is 11.6 Å². The Labute approximate surface area is 227 Å². The number of aryl methyl sites for hydroxylation is 1. The van der Waals surface area contributed by atoms with E-state index in [4.69, 9.17) is 23.2 Å². The van der Waals surface area contributed by atoms with Gasteiger partial charge in [-0.05, 0) is 55.0 Å². The van der Waals surface area contributed by atoms with Crippen molar-refractivity contribution in [2.24, 2.45) is 0 Å². The maximum Gasteiger partial charge on any atom is 0.573 e. The molecule has 0 aliphatic rings. The van der Waals surface area contributed by atoms with E-state index in [2.05, 4.69) is 14.7 Å². The molecule has 7 nitrogen and oxygen atoms in total. The van der Waals surface area contributed by atoms with E-state index in [0.29, 0.717) is 26.1 Å². The SMILES string of the molecule is Cc1cccn2c(=O)c(-c3cc(OC(F)(F)F)cc(-c4ccc(Cl)nc4)c3)c(O)[n+](Cc3cnc(Cl)s3)c12. The molecule has 0 fully saturated rings. The van der Waals surface area contributed by atoms with Gasteiger partial charge in [-0.1, -0.05) is 23.2 Å². The highest BCUT2D eigenvalue weighted by molar-refractivity contribution is 7.15. The fraction of sp³-hybridized carbons (Fsp3) is 0.120. The molecular weight excluding hydrogens is 564 g/mol. The lowest BCUT2D eigenvalue weighted by Gasteiger charge is -2.14. The van der Waals surface area contributed by atoms with Crippen LogP contribution >= 0.6 is 34.5 Å². The zero-order valence-electron chi connectivity index (χ0n) is 19.3. The van der Waals surface area contributed by atoms with Gasteiger partial charge in [0.2, 0.25) is 0 Å². The Morgan fingerprint density at radius 2 is 1.84 bits per heavy atom. The molecule has 0 spiro atoms. The largest absolute Gasteiger partial charge is 0.573 e. The van der Waals surface area contributed by atoms with Crippen LogP contribution in [0.2, 0.25) is 9.62 Å². The summed E-state index contributed by atoms with van der Waals surface area (Å²) in [6, 6.07) is 10.2. The lowest BCUT2D eigenvalue weighted by atomic mass is 10.00. The van der Waals surface area contributed by atoms with Crippen molar-refractivity contribution in [2.75, 3.05) is 0 Å². The van der Waals surface area contributed by atoms with Crippen molar-refractivity contribution in [2.45, 2.75) is 19.8 Å². The average molecular weight is 580 g/mol. The van der Waals surface area contributed by atoms with Gasteiger partial charge in [0.25, 0.3) is 11.5 Å². The summed E-state index contributed by atoms with van der Waals surface area (Å²) in [5, 5.41) is 11.6. The molecule has 0 unspecified atom stereocenters.